The molecule has 9 heteroatoms. The van der Waals surface area contributed by atoms with E-state index >= 15 is 0 Å². The van der Waals surface area contributed by atoms with Gasteiger partial charge in [0.25, 0.3) is 0 Å². The Morgan fingerprint density at radius 3 is 2.87 bits per heavy atom. The molecule has 5 rings (SSSR count). The second kappa shape index (κ2) is 7.68. The molecular formula is C21H20N6O3. The number of hydrogen-bond donors (Lipinski definition) is 0. The van der Waals surface area contributed by atoms with Crippen LogP contribution in [-0.4, -0.2) is 55.0 Å². The Labute approximate surface area is 172 Å². The van der Waals surface area contributed by atoms with Crippen molar-refractivity contribution in [3.05, 3.63) is 66.6 Å². The van der Waals surface area contributed by atoms with Crippen LogP contribution in [0, 0.1) is 6.92 Å². The minimum absolute atomic E-state index is 0.0598. The Morgan fingerprint density at radius 2 is 2.07 bits per heavy atom. The lowest BCUT2D eigenvalue weighted by Crippen LogP contribution is -2.43. The Morgan fingerprint density at radius 1 is 1.20 bits per heavy atom. The van der Waals surface area contributed by atoms with E-state index < -0.39 is 0 Å². The molecular weight excluding hydrogens is 384 g/mol. The van der Waals surface area contributed by atoms with Gasteiger partial charge in [0, 0.05) is 25.1 Å². The quantitative estimate of drug-likeness (QED) is 0.514. The Kier molecular flexibility index (Phi) is 4.72. The summed E-state index contributed by atoms with van der Waals surface area (Å²) in [4.78, 5) is 27.2. The number of aryl methyl sites for hydroxylation is 1. The molecule has 0 saturated carbocycles. The van der Waals surface area contributed by atoms with Crippen LogP contribution in [0.25, 0.3) is 16.6 Å². The molecule has 4 aromatic heterocycles. The second-order valence-corrected chi connectivity index (χ2v) is 7.19. The summed E-state index contributed by atoms with van der Waals surface area (Å²) in [6, 6.07) is 8.03. The Balaban J connectivity index is 1.35. The number of morpholine rings is 1. The van der Waals surface area contributed by atoms with Gasteiger partial charge in [-0.2, -0.15) is 4.98 Å². The van der Waals surface area contributed by atoms with E-state index in [1.54, 1.807) is 30.5 Å². The first-order valence-corrected chi connectivity index (χ1v) is 9.73. The number of nitrogens with zero attached hydrogens (tertiary/aromatic N) is 6. The molecule has 1 atom stereocenters. The summed E-state index contributed by atoms with van der Waals surface area (Å²) in [5.74, 6) is 0.792. The lowest BCUT2D eigenvalue weighted by atomic mass is 10.1. The highest BCUT2D eigenvalue weighted by Crippen LogP contribution is 2.27. The van der Waals surface area contributed by atoms with Crippen molar-refractivity contribution >= 4 is 11.4 Å². The first kappa shape index (κ1) is 18.4. The van der Waals surface area contributed by atoms with Gasteiger partial charge in [0.1, 0.15) is 12.5 Å². The number of hydrogen-bond acceptors (Lipinski definition) is 7. The van der Waals surface area contributed by atoms with Gasteiger partial charge in [-0.05, 0) is 36.2 Å². The maximum atomic E-state index is 12.7. The van der Waals surface area contributed by atoms with E-state index in [-0.39, 0.29) is 18.4 Å². The van der Waals surface area contributed by atoms with Crippen LogP contribution in [0.1, 0.15) is 23.5 Å². The largest absolute Gasteiger partial charge is 0.368 e. The summed E-state index contributed by atoms with van der Waals surface area (Å²) < 4.78 is 13.0. The lowest BCUT2D eigenvalue weighted by molar-refractivity contribution is -0.138. The highest BCUT2D eigenvalue weighted by molar-refractivity contribution is 5.78. The molecule has 1 amide bonds. The molecule has 1 unspecified atom stereocenters. The van der Waals surface area contributed by atoms with Crippen LogP contribution >= 0.6 is 0 Å². The standard InChI is InChI=1S/C21H20N6O3/c1-14-24-19(30-25-14)10-20(28)26-8-9-29-18(12-26)21-17-3-2-16(11-27(17)13-23-21)15-4-6-22-7-5-15/h2-7,11,13,18H,8-10,12H2,1H3. The molecule has 5 heterocycles. The van der Waals surface area contributed by atoms with Crippen LogP contribution in [0.3, 0.4) is 0 Å². The van der Waals surface area contributed by atoms with Crippen molar-refractivity contribution in [2.24, 2.45) is 0 Å². The van der Waals surface area contributed by atoms with E-state index in [2.05, 4.69) is 26.2 Å². The van der Waals surface area contributed by atoms with Crippen molar-refractivity contribution in [2.45, 2.75) is 19.4 Å². The molecule has 152 valence electrons. The van der Waals surface area contributed by atoms with Gasteiger partial charge in [0.2, 0.25) is 11.8 Å². The van der Waals surface area contributed by atoms with Crippen LogP contribution in [0.2, 0.25) is 0 Å². The van der Waals surface area contributed by atoms with E-state index in [9.17, 15) is 4.79 Å². The predicted octanol–water partition coefficient (Wildman–Crippen LogP) is 2.23. The Hall–Kier alpha value is -3.59. The number of rotatable bonds is 4. The molecule has 0 bridgehead atoms. The van der Waals surface area contributed by atoms with Gasteiger partial charge >= 0.3 is 0 Å². The fourth-order valence-corrected chi connectivity index (χ4v) is 3.68. The number of fused-ring (bicyclic) bond motifs is 1. The van der Waals surface area contributed by atoms with Gasteiger partial charge in [-0.15, -0.1) is 0 Å². The van der Waals surface area contributed by atoms with Crippen molar-refractivity contribution in [2.75, 3.05) is 19.7 Å². The molecule has 1 fully saturated rings. The van der Waals surface area contributed by atoms with Gasteiger partial charge < -0.3 is 18.6 Å². The molecule has 0 aromatic carbocycles. The summed E-state index contributed by atoms with van der Waals surface area (Å²) in [6.07, 6.45) is 7.16. The maximum Gasteiger partial charge on any atom is 0.236 e. The molecule has 0 spiro atoms. The third-order valence-corrected chi connectivity index (χ3v) is 5.17. The third-order valence-electron chi connectivity index (χ3n) is 5.17. The molecule has 0 radical (unpaired) electrons. The smallest absolute Gasteiger partial charge is 0.236 e. The molecule has 30 heavy (non-hydrogen) atoms. The zero-order chi connectivity index (χ0) is 20.5. The minimum Gasteiger partial charge on any atom is -0.368 e. The van der Waals surface area contributed by atoms with Crippen LogP contribution in [0.4, 0.5) is 0 Å². The van der Waals surface area contributed by atoms with E-state index in [0.29, 0.717) is 31.4 Å². The van der Waals surface area contributed by atoms with Crippen LogP contribution in [0.15, 0.2) is 53.7 Å². The number of aromatic nitrogens is 5. The van der Waals surface area contributed by atoms with Gasteiger partial charge in [-0.1, -0.05) is 11.2 Å². The lowest BCUT2D eigenvalue weighted by Gasteiger charge is -2.32. The Bertz CT molecular complexity index is 1190. The number of imidazole rings is 1. The third kappa shape index (κ3) is 3.55. The SMILES string of the molecule is Cc1noc(CC(=O)N2CCOC(c3ncn4cc(-c5ccncc5)ccc34)C2)n1. The average molecular weight is 404 g/mol. The highest BCUT2D eigenvalue weighted by atomic mass is 16.5. The number of carbonyl (C=O) groups excluding carboxylic acids is 1. The summed E-state index contributed by atoms with van der Waals surface area (Å²) in [5.41, 5.74) is 3.94. The highest BCUT2D eigenvalue weighted by Gasteiger charge is 2.29. The zero-order valence-corrected chi connectivity index (χ0v) is 16.4. The van der Waals surface area contributed by atoms with Crippen molar-refractivity contribution in [3.8, 4) is 11.1 Å². The van der Waals surface area contributed by atoms with Crippen LogP contribution < -0.4 is 0 Å². The average Bonchev–Trinajstić information content (AvgIpc) is 3.39. The van der Waals surface area contributed by atoms with Crippen molar-refractivity contribution in [1.29, 1.82) is 0 Å². The van der Waals surface area contributed by atoms with Gasteiger partial charge in [0.05, 0.1) is 30.7 Å². The van der Waals surface area contributed by atoms with E-state index in [1.165, 1.54) is 0 Å². The summed E-state index contributed by atoms with van der Waals surface area (Å²) in [5, 5.41) is 3.74. The molecule has 0 aliphatic carbocycles. The monoisotopic (exact) mass is 404 g/mol. The van der Waals surface area contributed by atoms with E-state index in [0.717, 1.165) is 22.3 Å². The molecule has 1 aliphatic heterocycles. The maximum absolute atomic E-state index is 12.7. The summed E-state index contributed by atoms with van der Waals surface area (Å²) in [7, 11) is 0. The van der Waals surface area contributed by atoms with Crippen molar-refractivity contribution in [3.63, 3.8) is 0 Å². The fourth-order valence-electron chi connectivity index (χ4n) is 3.68. The summed E-state index contributed by atoms with van der Waals surface area (Å²) >= 11 is 0. The first-order chi connectivity index (χ1) is 14.7. The normalized spacial score (nSPS) is 16.8. The zero-order valence-electron chi connectivity index (χ0n) is 16.4. The summed E-state index contributed by atoms with van der Waals surface area (Å²) in [6.45, 7) is 3.14. The molecule has 1 aliphatic rings. The number of pyridine rings is 2. The minimum atomic E-state index is -0.288. The van der Waals surface area contributed by atoms with Gasteiger partial charge in [-0.3, -0.25) is 9.78 Å². The fraction of sp³-hybridized carbons (Fsp3) is 0.286. The molecule has 9 nitrogen and oxygen atoms in total. The first-order valence-electron chi connectivity index (χ1n) is 9.73. The molecule has 4 aromatic rings. The van der Waals surface area contributed by atoms with Crippen LogP contribution in [0.5, 0.6) is 0 Å². The number of carbonyl (C=O) groups is 1. The van der Waals surface area contributed by atoms with E-state index in [1.807, 2.05) is 28.8 Å². The number of amides is 1. The van der Waals surface area contributed by atoms with Gasteiger partial charge in [-0.25, -0.2) is 4.98 Å². The topological polar surface area (TPSA) is 98.7 Å². The number of ether oxygens (including phenoxy) is 1. The molecule has 0 N–H and O–H groups in total. The van der Waals surface area contributed by atoms with Gasteiger partial charge in [0.15, 0.2) is 5.82 Å². The second-order valence-electron chi connectivity index (χ2n) is 7.19. The molecule has 1 saturated heterocycles. The predicted molar refractivity (Wildman–Crippen MR) is 106 cm³/mol. The van der Waals surface area contributed by atoms with E-state index in [4.69, 9.17) is 9.26 Å². The van der Waals surface area contributed by atoms with Crippen molar-refractivity contribution in [1.82, 2.24) is 29.4 Å². The van der Waals surface area contributed by atoms with Crippen LogP contribution in [-0.2, 0) is 16.0 Å². The van der Waals surface area contributed by atoms with Crippen molar-refractivity contribution < 1.29 is 14.1 Å².